The number of fused-ring (bicyclic) bond motifs is 2. The van der Waals surface area contributed by atoms with E-state index in [-0.39, 0.29) is 30.4 Å². The van der Waals surface area contributed by atoms with Crippen LogP contribution in [-0.2, 0) is 28.6 Å². The summed E-state index contributed by atoms with van der Waals surface area (Å²) >= 11 is 0. The van der Waals surface area contributed by atoms with Crippen LogP contribution in [0, 0.1) is 5.92 Å². The average molecular weight is 254 g/mol. The Hall–Kier alpha value is -1.85. The molecule has 1 saturated carbocycles. The zero-order valence-electron chi connectivity index (χ0n) is 10.0. The van der Waals surface area contributed by atoms with Gasteiger partial charge in [-0.15, -0.1) is 0 Å². The third kappa shape index (κ3) is 1.98. The number of rotatable bonds is 4. The fourth-order valence-corrected chi connectivity index (χ4v) is 2.28. The molecule has 98 valence electrons. The smallest absolute Gasteiger partial charge is 0.336 e. The summed E-state index contributed by atoms with van der Waals surface area (Å²) in [6.45, 7) is 5.16. The molecule has 6 nitrogen and oxygen atoms in total. The van der Waals surface area contributed by atoms with Gasteiger partial charge in [-0.2, -0.15) is 0 Å². The molecule has 3 atom stereocenters. The SMILES string of the molecule is C=C(C)C(=O)OC1(OC=O)CCC2CC1OC2=O. The predicted molar refractivity (Wildman–Crippen MR) is 58.0 cm³/mol. The van der Waals surface area contributed by atoms with Crippen LogP contribution in [0.2, 0.25) is 0 Å². The Labute approximate surface area is 104 Å². The third-order valence-corrected chi connectivity index (χ3v) is 3.28. The fourth-order valence-electron chi connectivity index (χ4n) is 2.28. The first-order valence-electron chi connectivity index (χ1n) is 5.69. The van der Waals surface area contributed by atoms with E-state index in [1.165, 1.54) is 6.92 Å². The van der Waals surface area contributed by atoms with Crippen LogP contribution in [0.1, 0.15) is 26.2 Å². The van der Waals surface area contributed by atoms with Crippen molar-refractivity contribution in [1.29, 1.82) is 0 Å². The number of carbonyl (C=O) groups excluding carboxylic acids is 3. The van der Waals surface area contributed by atoms with Gasteiger partial charge in [0, 0.05) is 18.4 Å². The average Bonchev–Trinajstić information content (AvgIpc) is 2.63. The topological polar surface area (TPSA) is 78.9 Å². The van der Waals surface area contributed by atoms with Gasteiger partial charge in [-0.25, -0.2) is 4.79 Å². The first-order valence-corrected chi connectivity index (χ1v) is 5.69. The lowest BCUT2D eigenvalue weighted by molar-refractivity contribution is -0.257. The molecule has 0 N–H and O–H groups in total. The summed E-state index contributed by atoms with van der Waals surface area (Å²) in [5.74, 6) is -2.69. The van der Waals surface area contributed by atoms with Crippen molar-refractivity contribution in [2.75, 3.05) is 0 Å². The molecule has 1 aliphatic carbocycles. The minimum absolute atomic E-state index is 0.190. The normalized spacial score (nSPS) is 33.5. The molecule has 0 spiro atoms. The van der Waals surface area contributed by atoms with Crippen LogP contribution in [0.15, 0.2) is 12.2 Å². The molecule has 0 radical (unpaired) electrons. The maximum Gasteiger partial charge on any atom is 0.336 e. The van der Waals surface area contributed by atoms with Gasteiger partial charge in [-0.1, -0.05) is 6.58 Å². The highest BCUT2D eigenvalue weighted by Gasteiger charge is 2.57. The van der Waals surface area contributed by atoms with E-state index < -0.39 is 17.9 Å². The van der Waals surface area contributed by atoms with Crippen molar-refractivity contribution in [3.8, 4) is 0 Å². The van der Waals surface area contributed by atoms with Gasteiger partial charge < -0.3 is 14.2 Å². The number of hydrogen-bond donors (Lipinski definition) is 0. The highest BCUT2D eigenvalue weighted by atomic mass is 16.7. The Morgan fingerprint density at radius 2 is 2.33 bits per heavy atom. The van der Waals surface area contributed by atoms with Crippen LogP contribution in [0.25, 0.3) is 0 Å². The van der Waals surface area contributed by atoms with E-state index in [0.717, 1.165) is 0 Å². The van der Waals surface area contributed by atoms with E-state index in [1.807, 2.05) is 0 Å². The first kappa shape index (κ1) is 12.6. The zero-order valence-corrected chi connectivity index (χ0v) is 10.0. The van der Waals surface area contributed by atoms with E-state index in [9.17, 15) is 14.4 Å². The summed E-state index contributed by atoms with van der Waals surface area (Å²) in [5.41, 5.74) is 0.190. The second-order valence-electron chi connectivity index (χ2n) is 4.59. The van der Waals surface area contributed by atoms with Crippen molar-refractivity contribution < 1.29 is 28.6 Å². The summed E-state index contributed by atoms with van der Waals surface area (Å²) in [4.78, 5) is 33.6. The third-order valence-electron chi connectivity index (χ3n) is 3.28. The lowest BCUT2D eigenvalue weighted by Crippen LogP contribution is -2.50. The van der Waals surface area contributed by atoms with E-state index in [2.05, 4.69) is 6.58 Å². The molecule has 2 aliphatic rings. The second-order valence-corrected chi connectivity index (χ2v) is 4.59. The minimum atomic E-state index is -1.50. The molecule has 0 aromatic heterocycles. The molecular formula is C12H14O6. The van der Waals surface area contributed by atoms with E-state index >= 15 is 0 Å². The molecule has 0 aromatic carbocycles. The van der Waals surface area contributed by atoms with Crippen molar-refractivity contribution in [3.63, 3.8) is 0 Å². The van der Waals surface area contributed by atoms with Crippen molar-refractivity contribution in [2.45, 2.75) is 38.1 Å². The predicted octanol–water partition coefficient (Wildman–Crippen LogP) is 0.700. The monoisotopic (exact) mass is 254 g/mol. The lowest BCUT2D eigenvalue weighted by Gasteiger charge is -2.36. The molecule has 1 saturated heterocycles. The van der Waals surface area contributed by atoms with Gasteiger partial charge in [-0.3, -0.25) is 9.59 Å². The minimum Gasteiger partial charge on any atom is -0.454 e. The standard InChI is InChI=1S/C12H14O6/c1-7(2)10(14)18-12(16-6-13)4-3-8-5-9(12)17-11(8)15/h6,8-9H,1,3-5H2,2H3. The Bertz CT molecular complexity index is 415. The van der Waals surface area contributed by atoms with Gasteiger partial charge in [0.25, 0.3) is 12.3 Å². The van der Waals surface area contributed by atoms with E-state index in [4.69, 9.17) is 14.2 Å². The molecule has 18 heavy (non-hydrogen) atoms. The summed E-state index contributed by atoms with van der Waals surface area (Å²) in [5, 5.41) is 0. The molecule has 2 fully saturated rings. The Morgan fingerprint density at radius 3 is 2.94 bits per heavy atom. The molecule has 0 amide bonds. The Morgan fingerprint density at radius 1 is 1.61 bits per heavy atom. The van der Waals surface area contributed by atoms with Gasteiger partial charge in [0.2, 0.25) is 0 Å². The summed E-state index contributed by atoms with van der Waals surface area (Å²) in [6, 6.07) is 0. The number of carbonyl (C=O) groups is 3. The highest BCUT2D eigenvalue weighted by molar-refractivity contribution is 5.87. The number of esters is 2. The van der Waals surface area contributed by atoms with Crippen LogP contribution >= 0.6 is 0 Å². The van der Waals surface area contributed by atoms with Gasteiger partial charge in [0.1, 0.15) is 0 Å². The van der Waals surface area contributed by atoms with Crippen molar-refractivity contribution in [1.82, 2.24) is 0 Å². The molecule has 0 aromatic rings. The van der Waals surface area contributed by atoms with Crippen molar-refractivity contribution >= 4 is 18.4 Å². The van der Waals surface area contributed by atoms with Gasteiger partial charge >= 0.3 is 11.9 Å². The molecule has 6 heteroatoms. The van der Waals surface area contributed by atoms with E-state index in [0.29, 0.717) is 12.8 Å². The maximum atomic E-state index is 11.6. The van der Waals surface area contributed by atoms with Crippen molar-refractivity contribution in [3.05, 3.63) is 12.2 Å². The lowest BCUT2D eigenvalue weighted by atomic mass is 9.85. The summed E-state index contributed by atoms with van der Waals surface area (Å²) < 4.78 is 15.2. The summed E-state index contributed by atoms with van der Waals surface area (Å²) in [6.07, 6.45) is 0.395. The molecular weight excluding hydrogens is 240 g/mol. The molecule has 2 rings (SSSR count). The Kier molecular flexibility index (Phi) is 3.11. The van der Waals surface area contributed by atoms with Crippen LogP contribution in [0.5, 0.6) is 0 Å². The Balaban J connectivity index is 2.21. The van der Waals surface area contributed by atoms with Crippen LogP contribution in [0.4, 0.5) is 0 Å². The number of hydrogen-bond acceptors (Lipinski definition) is 6. The highest BCUT2D eigenvalue weighted by Crippen LogP contribution is 2.43. The van der Waals surface area contributed by atoms with Crippen LogP contribution < -0.4 is 0 Å². The van der Waals surface area contributed by atoms with Crippen molar-refractivity contribution in [2.24, 2.45) is 5.92 Å². The van der Waals surface area contributed by atoms with E-state index in [1.54, 1.807) is 0 Å². The molecule has 1 heterocycles. The fraction of sp³-hybridized carbons (Fsp3) is 0.583. The maximum absolute atomic E-state index is 11.6. The zero-order chi connectivity index (χ0) is 13.3. The van der Waals surface area contributed by atoms with Gasteiger partial charge in [0.15, 0.2) is 6.10 Å². The van der Waals surface area contributed by atoms with Gasteiger partial charge in [0.05, 0.1) is 5.92 Å². The molecule has 3 unspecified atom stereocenters. The van der Waals surface area contributed by atoms with Crippen LogP contribution in [0.3, 0.4) is 0 Å². The molecule has 2 bridgehead atoms. The quantitative estimate of drug-likeness (QED) is 0.318. The van der Waals surface area contributed by atoms with Gasteiger partial charge in [-0.05, 0) is 13.3 Å². The molecule has 1 aliphatic heterocycles. The van der Waals surface area contributed by atoms with Crippen LogP contribution in [-0.4, -0.2) is 30.3 Å². The largest absolute Gasteiger partial charge is 0.454 e. The second kappa shape index (κ2) is 4.44. The summed E-state index contributed by atoms with van der Waals surface area (Å²) in [7, 11) is 0. The number of ether oxygens (including phenoxy) is 3. The first-order chi connectivity index (χ1) is 8.48.